The molecule has 0 spiro atoms. The van der Waals surface area contributed by atoms with E-state index in [1.807, 2.05) is 18.4 Å². The summed E-state index contributed by atoms with van der Waals surface area (Å²) in [5, 5.41) is 0. The zero-order valence-electron chi connectivity index (χ0n) is 12.3. The number of aryl methyl sites for hydroxylation is 1. The van der Waals surface area contributed by atoms with Crippen molar-refractivity contribution in [3.8, 4) is 0 Å². The molecule has 0 aromatic heterocycles. The molecule has 2 aromatic carbocycles. The number of anilines is 1. The van der Waals surface area contributed by atoms with E-state index in [1.54, 1.807) is 23.6 Å². The van der Waals surface area contributed by atoms with Gasteiger partial charge in [0.25, 0.3) is 5.91 Å². The average molecular weight is 342 g/mol. The predicted octanol–water partition coefficient (Wildman–Crippen LogP) is 3.85. The van der Waals surface area contributed by atoms with Crippen molar-refractivity contribution in [2.24, 2.45) is 0 Å². The van der Waals surface area contributed by atoms with Crippen molar-refractivity contribution in [1.29, 1.82) is 0 Å². The third kappa shape index (κ3) is 3.53. The van der Waals surface area contributed by atoms with Gasteiger partial charge in [-0.25, -0.2) is 22.0 Å². The third-order valence-corrected chi connectivity index (χ3v) is 3.12. The lowest BCUT2D eigenvalue weighted by Crippen LogP contribution is -2.29. The Labute approximate surface area is 133 Å². The molecule has 8 heteroatoms. The summed E-state index contributed by atoms with van der Waals surface area (Å²) in [5.41, 5.74) is 3.79. The molecule has 2 N–H and O–H groups in total. The third-order valence-electron chi connectivity index (χ3n) is 3.12. The normalized spacial score (nSPS) is 10.9. The molecule has 0 atom stereocenters. The maximum atomic E-state index is 13.4. The smallest absolute Gasteiger partial charge is 0.262 e. The number of halogens is 5. The molecule has 2 rings (SSSR count). The maximum Gasteiger partial charge on any atom is 0.262 e. The molecule has 24 heavy (non-hydrogen) atoms. The fraction of sp³-hybridized carbons (Fsp3) is 0.0625. The minimum atomic E-state index is -2.28. The zero-order valence-corrected chi connectivity index (χ0v) is 12.3. The quantitative estimate of drug-likeness (QED) is 0.291. The number of hydrazine groups is 1. The van der Waals surface area contributed by atoms with Gasteiger partial charge in [0, 0.05) is 6.08 Å². The van der Waals surface area contributed by atoms with Crippen LogP contribution in [0.15, 0.2) is 30.3 Å². The van der Waals surface area contributed by atoms with Crippen LogP contribution in [-0.2, 0) is 4.79 Å². The molecule has 0 bridgehead atoms. The Morgan fingerprint density at radius 3 is 2.04 bits per heavy atom. The molecule has 0 fully saturated rings. The Morgan fingerprint density at radius 2 is 1.46 bits per heavy atom. The lowest BCUT2D eigenvalue weighted by molar-refractivity contribution is -0.116. The molecule has 1 amide bonds. The summed E-state index contributed by atoms with van der Waals surface area (Å²) in [5.74, 6) is -11.5. The van der Waals surface area contributed by atoms with E-state index in [0.717, 1.165) is 17.2 Å². The first kappa shape index (κ1) is 17.5. The second-order valence-electron chi connectivity index (χ2n) is 4.75. The molecule has 3 nitrogen and oxygen atoms in total. The average Bonchev–Trinajstić information content (AvgIpc) is 2.57. The lowest BCUT2D eigenvalue weighted by atomic mass is 10.1. The fourth-order valence-electron chi connectivity index (χ4n) is 1.82. The second-order valence-corrected chi connectivity index (χ2v) is 4.75. The van der Waals surface area contributed by atoms with Gasteiger partial charge in [-0.3, -0.25) is 15.6 Å². The van der Waals surface area contributed by atoms with Crippen LogP contribution in [0.2, 0.25) is 0 Å². The summed E-state index contributed by atoms with van der Waals surface area (Å²) in [6.45, 7) is 1.81. The highest BCUT2D eigenvalue weighted by Gasteiger charge is 2.25. The molecule has 0 aliphatic carbocycles. The SMILES string of the molecule is Cc1ccccc1C=CC(=O)NNc1c(F)c(F)c(F)c(F)c1F. The van der Waals surface area contributed by atoms with Crippen molar-refractivity contribution in [2.75, 3.05) is 5.43 Å². The monoisotopic (exact) mass is 342 g/mol. The highest BCUT2D eigenvalue weighted by molar-refractivity contribution is 5.92. The van der Waals surface area contributed by atoms with Gasteiger partial charge in [-0.05, 0) is 24.1 Å². The highest BCUT2D eigenvalue weighted by atomic mass is 19.2. The van der Waals surface area contributed by atoms with Crippen LogP contribution < -0.4 is 10.9 Å². The van der Waals surface area contributed by atoms with Gasteiger partial charge >= 0.3 is 0 Å². The summed E-state index contributed by atoms with van der Waals surface area (Å²) in [6, 6.07) is 7.09. The van der Waals surface area contributed by atoms with Gasteiger partial charge in [0.15, 0.2) is 23.3 Å². The standard InChI is InChI=1S/C16H11F5N2O/c1-8-4-2-3-5-9(8)6-7-10(24)22-23-16-14(20)12(18)11(17)13(19)15(16)21/h2-7,23H,1H3,(H,22,24). The minimum Gasteiger partial charge on any atom is -0.293 e. The van der Waals surface area contributed by atoms with Crippen LogP contribution in [0.4, 0.5) is 27.6 Å². The zero-order chi connectivity index (χ0) is 17.9. The summed E-state index contributed by atoms with van der Waals surface area (Å²) in [4.78, 5) is 11.6. The summed E-state index contributed by atoms with van der Waals surface area (Å²) in [7, 11) is 0. The van der Waals surface area contributed by atoms with Gasteiger partial charge in [-0.2, -0.15) is 0 Å². The van der Waals surface area contributed by atoms with E-state index >= 15 is 0 Å². The number of benzene rings is 2. The Balaban J connectivity index is 2.12. The molecule has 0 saturated heterocycles. The number of rotatable bonds is 4. The maximum absolute atomic E-state index is 13.4. The number of hydrogen-bond donors (Lipinski definition) is 2. The summed E-state index contributed by atoms with van der Waals surface area (Å²) in [6.07, 6.45) is 2.48. The minimum absolute atomic E-state index is 0.726. The summed E-state index contributed by atoms with van der Waals surface area (Å²) >= 11 is 0. The van der Waals surface area contributed by atoms with Crippen molar-refractivity contribution in [3.63, 3.8) is 0 Å². The van der Waals surface area contributed by atoms with Crippen LogP contribution in [0.1, 0.15) is 11.1 Å². The van der Waals surface area contributed by atoms with Crippen molar-refractivity contribution >= 4 is 17.7 Å². The molecule has 0 saturated carbocycles. The molecule has 0 aliphatic rings. The van der Waals surface area contributed by atoms with Gasteiger partial charge in [-0.15, -0.1) is 0 Å². The molecular formula is C16H11F5N2O. The van der Waals surface area contributed by atoms with E-state index in [1.165, 1.54) is 6.08 Å². The van der Waals surface area contributed by atoms with Gasteiger partial charge in [0.2, 0.25) is 5.82 Å². The fourth-order valence-corrected chi connectivity index (χ4v) is 1.82. The number of carbonyl (C=O) groups is 1. The Kier molecular flexibility index (Phi) is 5.18. The number of carbonyl (C=O) groups excluding carboxylic acids is 1. The first-order valence-electron chi connectivity index (χ1n) is 6.64. The number of nitrogens with one attached hydrogen (secondary N) is 2. The van der Waals surface area contributed by atoms with E-state index in [4.69, 9.17) is 0 Å². The van der Waals surface area contributed by atoms with E-state index < -0.39 is 40.7 Å². The van der Waals surface area contributed by atoms with Crippen LogP contribution in [0.3, 0.4) is 0 Å². The Hall–Kier alpha value is -2.90. The molecule has 0 unspecified atom stereocenters. The van der Waals surface area contributed by atoms with Crippen molar-refractivity contribution in [2.45, 2.75) is 6.92 Å². The Morgan fingerprint density at radius 1 is 0.917 bits per heavy atom. The molecule has 0 radical (unpaired) electrons. The van der Waals surface area contributed by atoms with Crippen molar-refractivity contribution < 1.29 is 26.7 Å². The van der Waals surface area contributed by atoms with Crippen LogP contribution >= 0.6 is 0 Å². The predicted molar refractivity (Wildman–Crippen MR) is 78.2 cm³/mol. The molecular weight excluding hydrogens is 331 g/mol. The van der Waals surface area contributed by atoms with Gasteiger partial charge in [-0.1, -0.05) is 24.3 Å². The van der Waals surface area contributed by atoms with Crippen LogP contribution in [-0.4, -0.2) is 5.91 Å². The van der Waals surface area contributed by atoms with E-state index in [9.17, 15) is 26.7 Å². The Bertz CT molecular complexity index is 791. The molecule has 2 aromatic rings. The van der Waals surface area contributed by atoms with E-state index in [2.05, 4.69) is 0 Å². The summed E-state index contributed by atoms with van der Waals surface area (Å²) < 4.78 is 65.7. The molecule has 126 valence electrons. The van der Waals surface area contributed by atoms with Gasteiger partial charge < -0.3 is 0 Å². The molecule has 0 heterocycles. The lowest BCUT2D eigenvalue weighted by Gasteiger charge is -2.10. The van der Waals surface area contributed by atoms with Crippen molar-refractivity contribution in [1.82, 2.24) is 5.43 Å². The van der Waals surface area contributed by atoms with Crippen molar-refractivity contribution in [3.05, 3.63) is 70.6 Å². The molecule has 0 aliphatic heterocycles. The largest absolute Gasteiger partial charge is 0.293 e. The first-order valence-corrected chi connectivity index (χ1v) is 6.64. The van der Waals surface area contributed by atoms with E-state index in [0.29, 0.717) is 0 Å². The van der Waals surface area contributed by atoms with Gasteiger partial charge in [0.05, 0.1) is 0 Å². The highest BCUT2D eigenvalue weighted by Crippen LogP contribution is 2.26. The number of hydrogen-bond acceptors (Lipinski definition) is 2. The van der Waals surface area contributed by atoms with Crippen LogP contribution in [0, 0.1) is 36.0 Å². The number of amides is 1. The van der Waals surface area contributed by atoms with E-state index in [-0.39, 0.29) is 0 Å². The van der Waals surface area contributed by atoms with Crippen LogP contribution in [0.25, 0.3) is 6.08 Å². The first-order chi connectivity index (χ1) is 11.3. The van der Waals surface area contributed by atoms with Crippen LogP contribution in [0.5, 0.6) is 0 Å². The topological polar surface area (TPSA) is 41.1 Å². The van der Waals surface area contributed by atoms with Gasteiger partial charge in [0.1, 0.15) is 5.69 Å². The second kappa shape index (κ2) is 7.12.